The number of rotatable bonds is 0. The van der Waals surface area contributed by atoms with Gasteiger partial charge in [0.1, 0.15) is 0 Å². The van der Waals surface area contributed by atoms with Gasteiger partial charge in [-0.3, -0.25) is 9.78 Å². The molecule has 0 radical (unpaired) electrons. The second kappa shape index (κ2) is 3.90. The number of aryl methyl sites for hydroxylation is 1. The van der Waals surface area contributed by atoms with E-state index in [2.05, 4.69) is 11.1 Å². The van der Waals surface area contributed by atoms with Crippen LogP contribution >= 0.6 is 0 Å². The van der Waals surface area contributed by atoms with Crippen LogP contribution in [0.1, 0.15) is 0 Å². The molecule has 0 unspecified atom stereocenters. The zero-order valence-corrected chi connectivity index (χ0v) is 11.0. The van der Waals surface area contributed by atoms with Gasteiger partial charge in [0.25, 0.3) is 5.56 Å². The molecular formula is C17H12N2O. The minimum absolute atomic E-state index is 0.0383. The first-order valence-electron chi connectivity index (χ1n) is 6.52. The van der Waals surface area contributed by atoms with E-state index in [0.717, 1.165) is 32.6 Å². The van der Waals surface area contributed by atoms with Crippen molar-refractivity contribution in [2.24, 2.45) is 7.05 Å². The molecule has 0 spiro atoms. The Morgan fingerprint density at radius 3 is 2.60 bits per heavy atom. The average molecular weight is 260 g/mol. The predicted molar refractivity (Wildman–Crippen MR) is 82.0 cm³/mol. The zero-order chi connectivity index (χ0) is 13.7. The molecule has 20 heavy (non-hydrogen) atoms. The fraction of sp³-hybridized carbons (Fsp3) is 0.0588. The van der Waals surface area contributed by atoms with Gasteiger partial charge < -0.3 is 4.57 Å². The van der Waals surface area contributed by atoms with Crippen LogP contribution in [0.2, 0.25) is 0 Å². The highest BCUT2D eigenvalue weighted by Crippen LogP contribution is 2.26. The maximum Gasteiger partial charge on any atom is 0.258 e. The summed E-state index contributed by atoms with van der Waals surface area (Å²) in [5.41, 5.74) is 1.93. The largest absolute Gasteiger partial charge is 0.311 e. The number of fused-ring (bicyclic) bond motifs is 4. The first kappa shape index (κ1) is 11.2. The molecular weight excluding hydrogens is 248 g/mol. The molecule has 3 nitrogen and oxygen atoms in total. The van der Waals surface area contributed by atoms with Gasteiger partial charge in [0.2, 0.25) is 0 Å². The zero-order valence-electron chi connectivity index (χ0n) is 11.0. The Balaban J connectivity index is 2.37. The standard InChI is InChI=1S/C17H12N2O/c1-19-16-9-11-5-4-8-18-15(11)10-14(16)12-6-2-3-7-13(12)17(19)20/h2-10H,1H3. The topological polar surface area (TPSA) is 34.9 Å². The number of aromatic nitrogens is 2. The van der Waals surface area contributed by atoms with Gasteiger partial charge in [0, 0.05) is 29.4 Å². The molecule has 2 aromatic heterocycles. The van der Waals surface area contributed by atoms with Crippen LogP contribution in [0.4, 0.5) is 0 Å². The van der Waals surface area contributed by atoms with E-state index in [1.165, 1.54) is 0 Å². The molecule has 4 aromatic rings. The maximum absolute atomic E-state index is 12.4. The second-order valence-corrected chi connectivity index (χ2v) is 4.98. The molecule has 0 bridgehead atoms. The summed E-state index contributed by atoms with van der Waals surface area (Å²) in [6.07, 6.45) is 1.79. The van der Waals surface area contributed by atoms with Crippen molar-refractivity contribution in [2.75, 3.05) is 0 Å². The SMILES string of the molecule is Cn1c(=O)c2ccccc2c2cc3ncccc3cc21. The monoisotopic (exact) mass is 260 g/mol. The van der Waals surface area contributed by atoms with Gasteiger partial charge in [-0.15, -0.1) is 0 Å². The van der Waals surface area contributed by atoms with Crippen LogP contribution in [0.15, 0.2) is 59.5 Å². The molecule has 0 saturated carbocycles. The van der Waals surface area contributed by atoms with Crippen molar-refractivity contribution in [3.63, 3.8) is 0 Å². The van der Waals surface area contributed by atoms with Gasteiger partial charge in [0.05, 0.1) is 11.0 Å². The van der Waals surface area contributed by atoms with Crippen molar-refractivity contribution in [2.45, 2.75) is 0 Å². The first-order chi connectivity index (χ1) is 9.75. The fourth-order valence-corrected chi connectivity index (χ4v) is 2.80. The van der Waals surface area contributed by atoms with Gasteiger partial charge in [-0.25, -0.2) is 0 Å². The Morgan fingerprint density at radius 2 is 1.75 bits per heavy atom. The number of pyridine rings is 2. The molecule has 96 valence electrons. The van der Waals surface area contributed by atoms with E-state index in [4.69, 9.17) is 0 Å². The molecule has 3 heteroatoms. The lowest BCUT2D eigenvalue weighted by molar-refractivity contribution is 0.919. The summed E-state index contributed by atoms with van der Waals surface area (Å²) in [5.74, 6) is 0. The van der Waals surface area contributed by atoms with Crippen molar-refractivity contribution in [3.8, 4) is 0 Å². The fourth-order valence-electron chi connectivity index (χ4n) is 2.80. The molecule has 0 fully saturated rings. The van der Waals surface area contributed by atoms with Crippen LogP contribution < -0.4 is 5.56 Å². The molecule has 0 aliphatic carbocycles. The molecule has 0 atom stereocenters. The summed E-state index contributed by atoms with van der Waals surface area (Å²) < 4.78 is 1.71. The number of hydrogen-bond acceptors (Lipinski definition) is 2. The van der Waals surface area contributed by atoms with Crippen molar-refractivity contribution in [1.29, 1.82) is 0 Å². The van der Waals surface area contributed by atoms with Crippen LogP contribution in [-0.2, 0) is 7.05 Å². The highest BCUT2D eigenvalue weighted by atomic mass is 16.1. The highest BCUT2D eigenvalue weighted by molar-refractivity contribution is 6.09. The number of nitrogens with zero attached hydrogens (tertiary/aromatic N) is 2. The molecule has 0 aliphatic heterocycles. The summed E-state index contributed by atoms with van der Waals surface area (Å²) in [5, 5.41) is 3.84. The van der Waals surface area contributed by atoms with E-state index in [0.29, 0.717) is 0 Å². The van der Waals surface area contributed by atoms with Gasteiger partial charge >= 0.3 is 0 Å². The van der Waals surface area contributed by atoms with E-state index in [9.17, 15) is 4.79 Å². The van der Waals surface area contributed by atoms with Crippen LogP contribution in [0.3, 0.4) is 0 Å². The normalized spacial score (nSPS) is 11.4. The van der Waals surface area contributed by atoms with Crippen LogP contribution in [0.5, 0.6) is 0 Å². The van der Waals surface area contributed by atoms with Crippen LogP contribution in [0, 0.1) is 0 Å². The maximum atomic E-state index is 12.4. The van der Waals surface area contributed by atoms with E-state index in [-0.39, 0.29) is 5.56 Å². The van der Waals surface area contributed by atoms with Crippen molar-refractivity contribution in [1.82, 2.24) is 9.55 Å². The molecule has 0 saturated heterocycles. The smallest absolute Gasteiger partial charge is 0.258 e. The summed E-state index contributed by atoms with van der Waals surface area (Å²) in [6.45, 7) is 0. The Hall–Kier alpha value is -2.68. The summed E-state index contributed by atoms with van der Waals surface area (Å²) in [7, 11) is 1.82. The minimum atomic E-state index is 0.0383. The lowest BCUT2D eigenvalue weighted by Gasteiger charge is -2.10. The summed E-state index contributed by atoms with van der Waals surface area (Å²) >= 11 is 0. The van der Waals surface area contributed by atoms with Crippen molar-refractivity contribution >= 4 is 32.6 Å². The third kappa shape index (κ3) is 1.40. The summed E-state index contributed by atoms with van der Waals surface area (Å²) in [4.78, 5) is 16.8. The predicted octanol–water partition coefficient (Wildman–Crippen LogP) is 3.24. The Kier molecular flexibility index (Phi) is 2.18. The Labute approximate surface area is 115 Å². The number of benzene rings is 2. The van der Waals surface area contributed by atoms with Gasteiger partial charge in [0.15, 0.2) is 0 Å². The third-order valence-electron chi connectivity index (χ3n) is 3.83. The first-order valence-corrected chi connectivity index (χ1v) is 6.52. The Bertz CT molecular complexity index is 1030. The molecule has 4 rings (SSSR count). The average Bonchev–Trinajstić information content (AvgIpc) is 2.51. The molecule has 2 heterocycles. The highest BCUT2D eigenvalue weighted by Gasteiger charge is 2.09. The van der Waals surface area contributed by atoms with E-state index in [1.807, 2.05) is 49.5 Å². The number of hydrogen-bond donors (Lipinski definition) is 0. The minimum Gasteiger partial charge on any atom is -0.311 e. The van der Waals surface area contributed by atoms with Gasteiger partial charge in [-0.2, -0.15) is 0 Å². The van der Waals surface area contributed by atoms with E-state index >= 15 is 0 Å². The van der Waals surface area contributed by atoms with Crippen molar-refractivity contribution < 1.29 is 0 Å². The second-order valence-electron chi connectivity index (χ2n) is 4.98. The summed E-state index contributed by atoms with van der Waals surface area (Å²) in [6, 6.07) is 15.7. The van der Waals surface area contributed by atoms with Gasteiger partial charge in [-0.1, -0.05) is 24.3 Å². The van der Waals surface area contributed by atoms with Crippen molar-refractivity contribution in [3.05, 3.63) is 65.1 Å². The van der Waals surface area contributed by atoms with Gasteiger partial charge in [-0.05, 0) is 29.7 Å². The van der Waals surface area contributed by atoms with E-state index in [1.54, 1.807) is 10.8 Å². The molecule has 0 amide bonds. The Morgan fingerprint density at radius 1 is 0.950 bits per heavy atom. The molecule has 0 aliphatic rings. The lowest BCUT2D eigenvalue weighted by Crippen LogP contribution is -2.17. The quantitative estimate of drug-likeness (QED) is 0.359. The van der Waals surface area contributed by atoms with E-state index < -0.39 is 0 Å². The van der Waals surface area contributed by atoms with Crippen LogP contribution in [-0.4, -0.2) is 9.55 Å². The lowest BCUT2D eigenvalue weighted by atomic mass is 10.0. The molecule has 2 aromatic carbocycles. The van der Waals surface area contributed by atoms with Crippen LogP contribution in [0.25, 0.3) is 32.6 Å². The third-order valence-corrected chi connectivity index (χ3v) is 3.83. The molecule has 0 N–H and O–H groups in total.